The highest BCUT2D eigenvalue weighted by molar-refractivity contribution is 6.43. The molecule has 9 heteroatoms. The minimum atomic E-state index is -1.65. The number of aromatic nitrogens is 3. The molecule has 1 atom stereocenters. The summed E-state index contributed by atoms with van der Waals surface area (Å²) in [6.07, 6.45) is 3.12. The molecular formula is C22H27BN4O4. The number of amides is 1. The van der Waals surface area contributed by atoms with Gasteiger partial charge in [-0.1, -0.05) is 48.5 Å². The van der Waals surface area contributed by atoms with E-state index in [1.54, 1.807) is 18.0 Å². The summed E-state index contributed by atoms with van der Waals surface area (Å²) in [5.74, 6) is -0.352. The third kappa shape index (κ3) is 6.40. The summed E-state index contributed by atoms with van der Waals surface area (Å²) in [6.45, 7) is 2.38. The van der Waals surface area contributed by atoms with Gasteiger partial charge >= 0.3 is 7.12 Å². The van der Waals surface area contributed by atoms with Crippen LogP contribution in [0.5, 0.6) is 5.75 Å². The Balaban J connectivity index is 1.56. The van der Waals surface area contributed by atoms with Crippen LogP contribution in [0.15, 0.2) is 54.7 Å². The van der Waals surface area contributed by atoms with Gasteiger partial charge in [0.05, 0.1) is 25.8 Å². The molecule has 1 aromatic heterocycles. The highest BCUT2D eigenvalue weighted by atomic mass is 16.5. The molecule has 0 radical (unpaired) electrons. The first-order valence-electron chi connectivity index (χ1n) is 10.3. The summed E-state index contributed by atoms with van der Waals surface area (Å²) in [5, 5.41) is 30.3. The van der Waals surface area contributed by atoms with Crippen molar-refractivity contribution in [2.45, 2.75) is 38.7 Å². The van der Waals surface area contributed by atoms with Gasteiger partial charge in [-0.2, -0.15) is 0 Å². The second kappa shape index (κ2) is 10.7. The summed E-state index contributed by atoms with van der Waals surface area (Å²) < 4.78 is 6.81. The highest BCUT2D eigenvalue weighted by Crippen LogP contribution is 2.21. The Bertz CT molecular complexity index is 1010. The van der Waals surface area contributed by atoms with E-state index < -0.39 is 13.1 Å². The molecule has 0 fully saturated rings. The van der Waals surface area contributed by atoms with E-state index >= 15 is 0 Å². The van der Waals surface area contributed by atoms with Crippen LogP contribution < -0.4 is 10.1 Å². The van der Waals surface area contributed by atoms with Crippen molar-refractivity contribution in [3.63, 3.8) is 0 Å². The topological polar surface area (TPSA) is 110 Å². The number of carbonyl (C=O) groups is 1. The van der Waals surface area contributed by atoms with E-state index in [1.165, 1.54) is 0 Å². The first-order chi connectivity index (χ1) is 15.0. The van der Waals surface area contributed by atoms with Gasteiger partial charge in [0.25, 0.3) is 0 Å². The number of nitrogens with one attached hydrogen (secondary N) is 1. The van der Waals surface area contributed by atoms with Gasteiger partial charge in [-0.25, -0.2) is 0 Å². The maximum absolute atomic E-state index is 12.4. The zero-order valence-corrected chi connectivity index (χ0v) is 17.7. The molecule has 0 spiro atoms. The van der Waals surface area contributed by atoms with Crippen LogP contribution in [0.1, 0.15) is 24.5 Å². The quantitative estimate of drug-likeness (QED) is 0.429. The van der Waals surface area contributed by atoms with Crippen molar-refractivity contribution in [1.29, 1.82) is 0 Å². The predicted molar refractivity (Wildman–Crippen MR) is 118 cm³/mol. The van der Waals surface area contributed by atoms with E-state index in [-0.39, 0.29) is 12.3 Å². The van der Waals surface area contributed by atoms with Gasteiger partial charge < -0.3 is 20.1 Å². The van der Waals surface area contributed by atoms with E-state index in [0.717, 1.165) is 28.9 Å². The van der Waals surface area contributed by atoms with E-state index in [2.05, 4.69) is 22.6 Å². The molecule has 3 N–H and O–H groups in total. The minimum absolute atomic E-state index is 0.138. The molecule has 1 heterocycles. The fraction of sp³-hybridized carbons (Fsp3) is 0.318. The molecule has 3 rings (SSSR count). The van der Waals surface area contributed by atoms with Crippen LogP contribution in [0.3, 0.4) is 0 Å². The number of methoxy groups -OCH3 is 1. The minimum Gasteiger partial charge on any atom is -0.497 e. The van der Waals surface area contributed by atoms with Gasteiger partial charge in [-0.15, -0.1) is 5.10 Å². The molecule has 3 aromatic rings. The third-order valence-electron chi connectivity index (χ3n) is 5.03. The monoisotopic (exact) mass is 422 g/mol. The number of nitrogens with zero attached hydrogens (tertiary/aromatic N) is 3. The summed E-state index contributed by atoms with van der Waals surface area (Å²) in [4.78, 5) is 12.4. The zero-order valence-electron chi connectivity index (χ0n) is 17.7. The fourth-order valence-corrected chi connectivity index (χ4v) is 3.28. The van der Waals surface area contributed by atoms with Gasteiger partial charge in [-0.05, 0) is 36.1 Å². The van der Waals surface area contributed by atoms with Crippen molar-refractivity contribution in [3.8, 4) is 17.0 Å². The standard InChI is InChI=1S/C22H27BN4O4/c1-3-16-6-4-7-17(12-16)13-21(23(29)30)24-22(28)10-11-27-15-20(25-26-27)18-8-5-9-19(14-18)31-2/h4-9,12,14-15,21,29-30H,3,10-11,13H2,1-2H3,(H,24,28)/t21-/m0/s1. The molecule has 0 saturated heterocycles. The molecular weight excluding hydrogens is 395 g/mol. The van der Waals surface area contributed by atoms with E-state index in [4.69, 9.17) is 4.74 Å². The van der Waals surface area contributed by atoms with Crippen molar-refractivity contribution in [2.75, 3.05) is 7.11 Å². The molecule has 31 heavy (non-hydrogen) atoms. The fourth-order valence-electron chi connectivity index (χ4n) is 3.28. The second-order valence-electron chi connectivity index (χ2n) is 7.31. The normalized spacial score (nSPS) is 11.7. The van der Waals surface area contributed by atoms with Crippen molar-refractivity contribution >= 4 is 13.0 Å². The van der Waals surface area contributed by atoms with Crippen LogP contribution in [0.25, 0.3) is 11.3 Å². The van der Waals surface area contributed by atoms with Gasteiger partial charge in [0.15, 0.2) is 0 Å². The molecule has 8 nitrogen and oxygen atoms in total. The maximum Gasteiger partial charge on any atom is 0.475 e. The van der Waals surface area contributed by atoms with Crippen molar-refractivity contribution in [1.82, 2.24) is 20.3 Å². The molecule has 2 aromatic carbocycles. The van der Waals surface area contributed by atoms with E-state index in [1.807, 2.05) is 48.5 Å². The zero-order chi connectivity index (χ0) is 22.2. The summed E-state index contributed by atoms with van der Waals surface area (Å²) in [6, 6.07) is 15.4. The Labute approximate surface area is 182 Å². The van der Waals surface area contributed by atoms with Gasteiger partial charge in [0.2, 0.25) is 5.91 Å². The molecule has 0 saturated carbocycles. The largest absolute Gasteiger partial charge is 0.497 e. The Hall–Kier alpha value is -3.17. The van der Waals surface area contributed by atoms with Gasteiger partial charge in [0, 0.05) is 12.0 Å². The second-order valence-corrected chi connectivity index (χ2v) is 7.31. The predicted octanol–water partition coefficient (Wildman–Crippen LogP) is 1.65. The molecule has 0 aliphatic rings. The number of hydrogen-bond donors (Lipinski definition) is 3. The summed E-state index contributed by atoms with van der Waals surface area (Å²) in [7, 11) is -0.0497. The van der Waals surface area contributed by atoms with Gasteiger partial charge in [0.1, 0.15) is 11.4 Å². The summed E-state index contributed by atoms with van der Waals surface area (Å²) >= 11 is 0. The van der Waals surface area contributed by atoms with Crippen molar-refractivity contribution in [2.24, 2.45) is 0 Å². The molecule has 1 amide bonds. The molecule has 0 unspecified atom stereocenters. The Morgan fingerprint density at radius 1 is 1.19 bits per heavy atom. The van der Waals surface area contributed by atoms with Crippen LogP contribution >= 0.6 is 0 Å². The number of benzene rings is 2. The van der Waals surface area contributed by atoms with Crippen LogP contribution in [0.4, 0.5) is 0 Å². The average molecular weight is 422 g/mol. The first kappa shape index (κ1) is 22.5. The number of rotatable bonds is 10. The highest BCUT2D eigenvalue weighted by Gasteiger charge is 2.25. The number of carbonyl (C=O) groups excluding carboxylic acids is 1. The van der Waals surface area contributed by atoms with Crippen LogP contribution in [-0.4, -0.2) is 51.1 Å². The molecule has 0 aliphatic carbocycles. The lowest BCUT2D eigenvalue weighted by Gasteiger charge is -2.18. The number of hydrogen-bond acceptors (Lipinski definition) is 6. The molecule has 0 bridgehead atoms. The smallest absolute Gasteiger partial charge is 0.475 e. The third-order valence-corrected chi connectivity index (χ3v) is 5.03. The van der Waals surface area contributed by atoms with Gasteiger partial charge in [-0.3, -0.25) is 9.48 Å². The Morgan fingerprint density at radius 3 is 2.71 bits per heavy atom. The lowest BCUT2D eigenvalue weighted by molar-refractivity contribution is -0.121. The first-order valence-corrected chi connectivity index (χ1v) is 10.3. The average Bonchev–Trinajstić information content (AvgIpc) is 3.26. The van der Waals surface area contributed by atoms with E-state index in [9.17, 15) is 14.8 Å². The molecule has 0 aliphatic heterocycles. The number of ether oxygens (including phenoxy) is 1. The van der Waals surface area contributed by atoms with Crippen LogP contribution in [0.2, 0.25) is 0 Å². The summed E-state index contributed by atoms with van der Waals surface area (Å²) in [5.41, 5.74) is 3.65. The molecule has 162 valence electrons. The number of aryl methyl sites for hydroxylation is 2. The van der Waals surface area contributed by atoms with Crippen LogP contribution in [0, 0.1) is 0 Å². The van der Waals surface area contributed by atoms with Crippen molar-refractivity contribution in [3.05, 3.63) is 65.9 Å². The SMILES string of the molecule is CCc1cccc(C[C@H](NC(=O)CCn2cc(-c3cccc(OC)c3)nn2)B(O)O)c1. The maximum atomic E-state index is 12.4. The lowest BCUT2D eigenvalue weighted by atomic mass is 9.75. The van der Waals surface area contributed by atoms with E-state index in [0.29, 0.717) is 18.7 Å². The van der Waals surface area contributed by atoms with Crippen LogP contribution in [-0.2, 0) is 24.2 Å². The Kier molecular flexibility index (Phi) is 7.80. The van der Waals surface area contributed by atoms with Crippen molar-refractivity contribution < 1.29 is 19.6 Å². The lowest BCUT2D eigenvalue weighted by Crippen LogP contribution is -2.48. The Morgan fingerprint density at radius 2 is 1.97 bits per heavy atom.